The molecule has 4 rings (SSSR count). The Bertz CT molecular complexity index is 1330. The van der Waals surface area contributed by atoms with Crippen LogP contribution in [0.25, 0.3) is 0 Å². The van der Waals surface area contributed by atoms with E-state index in [-0.39, 0.29) is 11.7 Å². The summed E-state index contributed by atoms with van der Waals surface area (Å²) >= 11 is 0. The zero-order valence-corrected chi connectivity index (χ0v) is 21.8. The fraction of sp³-hybridized carbons (Fsp3) is 0.370. The number of carbonyl (C=O) groups is 1. The minimum absolute atomic E-state index is 0.0377. The quantitative estimate of drug-likeness (QED) is 0.438. The van der Waals surface area contributed by atoms with Gasteiger partial charge in [0.25, 0.3) is 0 Å². The molecule has 0 spiro atoms. The molecule has 0 radical (unpaired) electrons. The third kappa shape index (κ3) is 6.83. The van der Waals surface area contributed by atoms with Crippen molar-refractivity contribution in [2.75, 3.05) is 31.9 Å². The van der Waals surface area contributed by atoms with Gasteiger partial charge in [0.1, 0.15) is 6.04 Å². The molecule has 1 fully saturated rings. The molecule has 0 saturated carbocycles. The highest BCUT2D eigenvalue weighted by Gasteiger charge is 2.38. The Morgan fingerprint density at radius 1 is 1.08 bits per heavy atom. The molecule has 1 saturated heterocycles. The van der Waals surface area contributed by atoms with Gasteiger partial charge in [0.15, 0.2) is 0 Å². The highest BCUT2D eigenvalue weighted by atomic mass is 32.2. The van der Waals surface area contributed by atoms with Crippen molar-refractivity contribution in [2.45, 2.75) is 32.5 Å². The molecule has 0 unspecified atom stereocenters. The molecule has 37 heavy (non-hydrogen) atoms. The number of nitriles is 1. The van der Waals surface area contributed by atoms with Gasteiger partial charge in [-0.1, -0.05) is 42.5 Å². The van der Waals surface area contributed by atoms with Crippen molar-refractivity contribution in [1.82, 2.24) is 24.1 Å². The summed E-state index contributed by atoms with van der Waals surface area (Å²) < 4.78 is 28.9. The number of sulfonamides is 1. The number of imidazole rings is 1. The van der Waals surface area contributed by atoms with Gasteiger partial charge in [-0.25, -0.2) is 13.4 Å². The topological polar surface area (TPSA) is 111 Å². The Balaban J connectivity index is 1.38. The predicted octanol–water partition coefficient (Wildman–Crippen LogP) is 2.00. The highest BCUT2D eigenvalue weighted by Crippen LogP contribution is 2.18. The van der Waals surface area contributed by atoms with Crippen molar-refractivity contribution < 1.29 is 13.2 Å². The van der Waals surface area contributed by atoms with Crippen molar-refractivity contribution in [2.24, 2.45) is 0 Å². The van der Waals surface area contributed by atoms with Gasteiger partial charge >= 0.3 is 0 Å². The van der Waals surface area contributed by atoms with Gasteiger partial charge in [-0.05, 0) is 30.2 Å². The lowest BCUT2D eigenvalue weighted by molar-refractivity contribution is -0.126. The summed E-state index contributed by atoms with van der Waals surface area (Å²) in [5.74, 6) is -0.322. The van der Waals surface area contributed by atoms with E-state index in [1.165, 1.54) is 4.31 Å². The number of hydrogen-bond donors (Lipinski definition) is 1. The van der Waals surface area contributed by atoms with E-state index in [1.807, 2.05) is 47.0 Å². The van der Waals surface area contributed by atoms with Gasteiger partial charge in [0, 0.05) is 57.6 Å². The molecule has 9 nitrogen and oxygen atoms in total. The second kappa shape index (κ2) is 12.1. The fourth-order valence-electron chi connectivity index (χ4n) is 4.53. The Morgan fingerprint density at radius 2 is 1.81 bits per heavy atom. The lowest BCUT2D eigenvalue weighted by Crippen LogP contribution is -2.60. The average Bonchev–Trinajstić information content (AvgIpc) is 3.36. The first-order valence-electron chi connectivity index (χ1n) is 12.4. The number of piperazine rings is 1. The molecule has 2 heterocycles. The summed E-state index contributed by atoms with van der Waals surface area (Å²) in [5, 5.41) is 11.9. The summed E-state index contributed by atoms with van der Waals surface area (Å²) in [6.07, 6.45) is 4.07. The SMILES string of the molecule is CCS(=O)(=O)N1CCN(Cc2ccccc2)C[C@@H]1C(=O)NCCc1cncn1Cc1ccc(C#N)cc1. The van der Waals surface area contributed by atoms with Crippen LogP contribution in [-0.4, -0.2) is 71.1 Å². The molecule has 10 heteroatoms. The van der Waals surface area contributed by atoms with Crippen LogP contribution in [0.2, 0.25) is 0 Å². The monoisotopic (exact) mass is 520 g/mol. The van der Waals surface area contributed by atoms with E-state index in [9.17, 15) is 13.2 Å². The summed E-state index contributed by atoms with van der Waals surface area (Å²) in [6.45, 7) is 4.46. The number of amides is 1. The minimum Gasteiger partial charge on any atom is -0.354 e. The molecular formula is C27H32N6O3S. The van der Waals surface area contributed by atoms with E-state index >= 15 is 0 Å². The van der Waals surface area contributed by atoms with E-state index in [4.69, 9.17) is 5.26 Å². The molecule has 2 aromatic carbocycles. The maximum absolute atomic E-state index is 13.2. The van der Waals surface area contributed by atoms with Gasteiger partial charge in [0.05, 0.1) is 23.7 Å². The zero-order valence-electron chi connectivity index (χ0n) is 21.0. The average molecular weight is 521 g/mol. The fourth-order valence-corrected chi connectivity index (χ4v) is 5.77. The number of benzene rings is 2. The second-order valence-corrected chi connectivity index (χ2v) is 11.3. The van der Waals surface area contributed by atoms with Crippen LogP contribution in [0.15, 0.2) is 67.1 Å². The van der Waals surface area contributed by atoms with Crippen molar-refractivity contribution in [3.63, 3.8) is 0 Å². The number of rotatable bonds is 10. The summed E-state index contributed by atoms with van der Waals surface area (Å²) in [5.41, 5.74) is 3.74. The molecule has 1 aromatic heterocycles. The standard InChI is InChI=1S/C27H32N6O3S/c1-2-37(35,36)33-15-14-31(18-23-6-4-3-5-7-23)20-26(33)27(34)30-13-12-25-17-29-21-32(25)19-24-10-8-22(16-28)9-11-24/h3-11,17,21,26H,2,12-15,18-20H2,1H3,(H,30,34)/t26-/m1/s1. The van der Waals surface area contributed by atoms with E-state index in [2.05, 4.69) is 21.3 Å². The molecule has 1 aliphatic heterocycles. The van der Waals surface area contributed by atoms with Crippen LogP contribution in [0.4, 0.5) is 0 Å². The molecule has 0 aliphatic carbocycles. The Kier molecular flexibility index (Phi) is 8.71. The van der Waals surface area contributed by atoms with E-state index in [0.29, 0.717) is 51.3 Å². The van der Waals surface area contributed by atoms with Crippen LogP contribution in [0.5, 0.6) is 0 Å². The highest BCUT2D eigenvalue weighted by molar-refractivity contribution is 7.89. The molecule has 0 bridgehead atoms. The Labute approximate surface area is 218 Å². The normalized spacial score (nSPS) is 16.8. The van der Waals surface area contributed by atoms with Crippen LogP contribution in [-0.2, 0) is 34.3 Å². The number of carbonyl (C=O) groups excluding carboxylic acids is 1. The second-order valence-electron chi connectivity index (χ2n) is 9.11. The Hall–Kier alpha value is -3.52. The van der Waals surface area contributed by atoms with E-state index < -0.39 is 16.1 Å². The number of nitrogens with one attached hydrogen (secondary N) is 1. The van der Waals surface area contributed by atoms with E-state index in [0.717, 1.165) is 16.8 Å². The smallest absolute Gasteiger partial charge is 0.239 e. The Morgan fingerprint density at radius 3 is 2.51 bits per heavy atom. The number of hydrogen-bond acceptors (Lipinski definition) is 6. The van der Waals surface area contributed by atoms with Crippen molar-refractivity contribution >= 4 is 15.9 Å². The molecular weight excluding hydrogens is 488 g/mol. The molecule has 194 valence electrons. The maximum atomic E-state index is 13.2. The third-order valence-electron chi connectivity index (χ3n) is 6.60. The van der Waals surface area contributed by atoms with Crippen LogP contribution in [0.1, 0.15) is 29.3 Å². The van der Waals surface area contributed by atoms with E-state index in [1.54, 1.807) is 31.6 Å². The maximum Gasteiger partial charge on any atom is 0.239 e. The van der Waals surface area contributed by atoms with Crippen LogP contribution in [0, 0.1) is 11.3 Å². The number of aromatic nitrogens is 2. The molecule has 1 amide bonds. The van der Waals surface area contributed by atoms with Crippen LogP contribution in [0.3, 0.4) is 0 Å². The lowest BCUT2D eigenvalue weighted by Gasteiger charge is -2.39. The van der Waals surface area contributed by atoms with Crippen molar-refractivity contribution in [3.05, 3.63) is 89.5 Å². The van der Waals surface area contributed by atoms with Crippen LogP contribution < -0.4 is 5.32 Å². The molecule has 3 aromatic rings. The van der Waals surface area contributed by atoms with Crippen LogP contribution >= 0.6 is 0 Å². The minimum atomic E-state index is -3.51. The molecule has 1 atom stereocenters. The lowest BCUT2D eigenvalue weighted by atomic mass is 10.1. The number of nitrogens with zero attached hydrogens (tertiary/aromatic N) is 5. The molecule has 1 N–H and O–H groups in total. The summed E-state index contributed by atoms with van der Waals surface area (Å²) in [7, 11) is -3.51. The van der Waals surface area contributed by atoms with Crippen molar-refractivity contribution in [1.29, 1.82) is 5.26 Å². The zero-order chi connectivity index (χ0) is 26.3. The van der Waals surface area contributed by atoms with Gasteiger partial charge in [0.2, 0.25) is 15.9 Å². The summed E-state index contributed by atoms with van der Waals surface area (Å²) in [6, 6.07) is 18.7. The third-order valence-corrected chi connectivity index (χ3v) is 8.49. The van der Waals surface area contributed by atoms with Gasteiger partial charge in [-0.2, -0.15) is 9.57 Å². The first-order valence-corrected chi connectivity index (χ1v) is 14.0. The molecule has 1 aliphatic rings. The largest absolute Gasteiger partial charge is 0.354 e. The van der Waals surface area contributed by atoms with Gasteiger partial charge < -0.3 is 9.88 Å². The summed E-state index contributed by atoms with van der Waals surface area (Å²) in [4.78, 5) is 19.6. The first kappa shape index (κ1) is 26.5. The predicted molar refractivity (Wildman–Crippen MR) is 141 cm³/mol. The van der Waals surface area contributed by atoms with Gasteiger partial charge in [-0.3, -0.25) is 9.69 Å². The first-order chi connectivity index (χ1) is 17.9. The van der Waals surface area contributed by atoms with Crippen molar-refractivity contribution in [3.8, 4) is 6.07 Å². The van der Waals surface area contributed by atoms with Gasteiger partial charge in [-0.15, -0.1) is 0 Å².